The minimum absolute atomic E-state index is 0.0327. The summed E-state index contributed by atoms with van der Waals surface area (Å²) >= 11 is 6.93. The summed E-state index contributed by atoms with van der Waals surface area (Å²) in [6, 6.07) is 31.3. The van der Waals surface area contributed by atoms with Crippen LogP contribution in [0, 0.1) is 6.92 Å². The minimum Gasteiger partial charge on any atom is -0.444 e. The molecule has 5 aromatic rings. The quantitative estimate of drug-likeness (QED) is 0.0758. The van der Waals surface area contributed by atoms with Gasteiger partial charge < -0.3 is 44.4 Å². The lowest BCUT2D eigenvalue weighted by Crippen LogP contribution is -2.51. The number of ether oxygens (including phenoxy) is 2. The number of halogens is 1. The molecule has 0 aliphatic carbocycles. The third kappa shape index (κ3) is 9.91. The van der Waals surface area contributed by atoms with Gasteiger partial charge in [-0.2, -0.15) is 0 Å². The van der Waals surface area contributed by atoms with E-state index in [-0.39, 0.29) is 50.3 Å². The van der Waals surface area contributed by atoms with Gasteiger partial charge in [-0.3, -0.25) is 19.2 Å². The molecule has 0 bridgehead atoms. The zero-order chi connectivity index (χ0) is 46.0. The first kappa shape index (κ1) is 45.8. The van der Waals surface area contributed by atoms with Gasteiger partial charge in [0.1, 0.15) is 6.04 Å². The largest absolute Gasteiger partial charge is 0.491 e. The van der Waals surface area contributed by atoms with Crippen molar-refractivity contribution in [1.29, 1.82) is 0 Å². The highest BCUT2D eigenvalue weighted by molar-refractivity contribution is 6.62. The number of carbonyl (C=O) groups excluding carboxylic acids is 4. The number of rotatable bonds is 13. The number of esters is 1. The molecule has 65 heavy (non-hydrogen) atoms. The van der Waals surface area contributed by atoms with Crippen molar-refractivity contribution in [3.8, 4) is 0 Å². The van der Waals surface area contributed by atoms with Crippen LogP contribution >= 0.6 is 11.6 Å². The fourth-order valence-corrected chi connectivity index (χ4v) is 8.89. The van der Waals surface area contributed by atoms with Gasteiger partial charge >= 0.3 is 20.2 Å². The van der Waals surface area contributed by atoms with Crippen LogP contribution in [0.2, 0.25) is 5.02 Å². The number of aryl methyl sites for hydroxylation is 1. The summed E-state index contributed by atoms with van der Waals surface area (Å²) in [5, 5.41) is 27.1. The molecule has 0 radical (unpaired) electrons. The Kier molecular flexibility index (Phi) is 13.4. The molecule has 0 saturated carbocycles. The maximum atomic E-state index is 14.7. The average molecular weight is 898 g/mol. The summed E-state index contributed by atoms with van der Waals surface area (Å²) < 4.78 is 23.5. The summed E-state index contributed by atoms with van der Waals surface area (Å²) in [4.78, 5) is 58.8. The number of benzene rings is 5. The third-order valence-electron chi connectivity index (χ3n) is 12.0. The summed E-state index contributed by atoms with van der Waals surface area (Å²) in [6.45, 7) is 7.84. The highest BCUT2D eigenvalue weighted by atomic mass is 35.5. The predicted octanol–water partition coefficient (Wildman–Crippen LogP) is 4.32. The third-order valence-corrected chi connectivity index (χ3v) is 12.3. The molecule has 5 aromatic carbocycles. The summed E-state index contributed by atoms with van der Waals surface area (Å²) in [7, 11) is -2.35. The van der Waals surface area contributed by atoms with Gasteiger partial charge in [-0.1, -0.05) is 102 Å². The molecule has 2 unspecified atom stereocenters. The number of nitrogens with one attached hydrogen (secondary N) is 2. The minimum atomic E-state index is -1.50. The normalized spacial score (nSPS) is 18.1. The molecule has 334 valence electrons. The zero-order valence-corrected chi connectivity index (χ0v) is 37.3. The van der Waals surface area contributed by atoms with Gasteiger partial charge in [0.15, 0.2) is 5.60 Å². The Balaban J connectivity index is 1.09. The van der Waals surface area contributed by atoms with Crippen molar-refractivity contribution in [2.75, 3.05) is 13.2 Å². The Bertz CT molecular complexity index is 2590. The van der Waals surface area contributed by atoms with Crippen LogP contribution < -0.4 is 21.6 Å². The van der Waals surface area contributed by atoms with Crippen molar-refractivity contribution in [2.45, 2.75) is 83.1 Å². The molecule has 0 spiro atoms. The number of likely N-dealkylation sites (tertiary alicyclic amines) is 1. The molecule has 1 fully saturated rings. The Morgan fingerprint density at radius 2 is 1.42 bits per heavy atom. The highest BCUT2D eigenvalue weighted by Crippen LogP contribution is 2.44. The van der Waals surface area contributed by atoms with E-state index < -0.39 is 67.3 Å². The van der Waals surface area contributed by atoms with Crippen molar-refractivity contribution in [1.82, 2.24) is 15.5 Å². The van der Waals surface area contributed by atoms with Gasteiger partial charge in [-0.15, -0.1) is 0 Å². The van der Waals surface area contributed by atoms with Gasteiger partial charge in [-0.25, -0.2) is 0 Å². The van der Waals surface area contributed by atoms with Crippen molar-refractivity contribution in [2.24, 2.45) is 0 Å². The van der Waals surface area contributed by atoms with Crippen LogP contribution in [0.5, 0.6) is 0 Å². The van der Waals surface area contributed by atoms with Crippen molar-refractivity contribution in [3.63, 3.8) is 0 Å². The van der Waals surface area contributed by atoms with Crippen molar-refractivity contribution < 1.29 is 48.0 Å². The first-order valence-corrected chi connectivity index (χ1v) is 22.0. The van der Waals surface area contributed by atoms with Crippen LogP contribution in [0.1, 0.15) is 87.7 Å². The van der Waals surface area contributed by atoms with E-state index in [1.165, 1.54) is 4.90 Å². The zero-order valence-electron chi connectivity index (χ0n) is 36.6. The second-order valence-corrected chi connectivity index (χ2v) is 18.1. The van der Waals surface area contributed by atoms with Gasteiger partial charge in [0.2, 0.25) is 5.91 Å². The van der Waals surface area contributed by atoms with E-state index >= 15 is 0 Å². The fraction of sp³-hybridized carbons (Fsp3) is 0.306. The fourth-order valence-electron chi connectivity index (χ4n) is 8.62. The molecule has 1 saturated heterocycles. The summed E-state index contributed by atoms with van der Waals surface area (Å²) in [5.41, 5.74) is 3.65. The molecule has 4 N–H and O–H groups in total. The molecule has 3 aliphatic heterocycles. The summed E-state index contributed by atoms with van der Waals surface area (Å²) in [6.07, 6.45) is -0.296. The Morgan fingerprint density at radius 1 is 0.815 bits per heavy atom. The van der Waals surface area contributed by atoms with E-state index in [9.17, 15) is 29.2 Å². The second kappa shape index (κ2) is 19.0. The van der Waals surface area contributed by atoms with Crippen LogP contribution in [0.15, 0.2) is 115 Å². The van der Waals surface area contributed by atoms with E-state index in [2.05, 4.69) is 10.6 Å². The molecule has 4 atom stereocenters. The summed E-state index contributed by atoms with van der Waals surface area (Å²) in [5.74, 6) is -2.21. The molecule has 16 heteroatoms. The number of hydrogen-bond acceptors (Lipinski definition) is 10. The van der Waals surface area contributed by atoms with Gasteiger partial charge in [0.25, 0.3) is 11.8 Å². The molecule has 0 aromatic heterocycles. The molecular weight excluding hydrogens is 848 g/mol. The van der Waals surface area contributed by atoms with Gasteiger partial charge in [0, 0.05) is 45.4 Å². The lowest BCUT2D eigenvalue weighted by molar-refractivity contribution is -0.155. The van der Waals surface area contributed by atoms with Crippen LogP contribution in [0.3, 0.4) is 0 Å². The number of nitrogens with zero attached hydrogens (tertiary/aromatic N) is 1. The lowest BCUT2D eigenvalue weighted by Gasteiger charge is -2.36. The molecule has 3 amide bonds. The number of carbonyl (C=O) groups is 4. The molecule has 3 aliphatic rings. The van der Waals surface area contributed by atoms with Gasteiger partial charge in [-0.05, 0) is 86.5 Å². The molecule has 8 rings (SSSR count). The highest BCUT2D eigenvalue weighted by Gasteiger charge is 2.45. The second-order valence-electron chi connectivity index (χ2n) is 17.7. The lowest BCUT2D eigenvalue weighted by atomic mass is 9.78. The molecule has 3 heterocycles. The van der Waals surface area contributed by atoms with Crippen LogP contribution in [-0.4, -0.2) is 89.8 Å². The smallest absolute Gasteiger partial charge is 0.444 e. The Hall–Kier alpha value is -5.80. The number of fused-ring (bicyclic) bond motifs is 2. The molecule has 13 nitrogen and oxygen atoms in total. The topological polar surface area (TPSA) is 173 Å². The van der Waals surface area contributed by atoms with Crippen LogP contribution in [0.25, 0.3) is 0 Å². The Morgan fingerprint density at radius 3 is 2.06 bits per heavy atom. The first-order valence-electron chi connectivity index (χ1n) is 21.6. The van der Waals surface area contributed by atoms with E-state index in [0.717, 1.165) is 16.7 Å². The average Bonchev–Trinajstić information content (AvgIpc) is 4.01. The number of hydrogen-bond donors (Lipinski definition) is 4. The Labute approximate surface area is 383 Å². The van der Waals surface area contributed by atoms with E-state index in [0.29, 0.717) is 32.6 Å². The number of amides is 3. The van der Waals surface area contributed by atoms with E-state index in [1.807, 2.05) is 94.4 Å². The monoisotopic (exact) mass is 897 g/mol. The predicted molar refractivity (Wildman–Crippen MR) is 246 cm³/mol. The van der Waals surface area contributed by atoms with E-state index in [1.54, 1.807) is 48.5 Å². The standard InChI is InChI=1S/C49H50B2ClN3O10/c1-30-14-20-36(21-15-30)49(35-10-6-5-7-11-35,39-12-8-9-13-42(39)52)65-44(56)25-38(29-62-48(2,3)4)54-46(58)43-24-37(53-45(57)31-16-18-33-27-63-50(60)40(33)22-31)26-55(43)47(59)32-17-19-34-28-64-51(61)41(34)23-32/h5-23,37-38,43,60-61H,24-29H2,1-4H3,(H,53,57)(H,54,58)/t37-,38?,43+,49?/m1/s1. The maximum absolute atomic E-state index is 14.7. The molecular formula is C49H50B2ClN3O10. The van der Waals surface area contributed by atoms with Crippen molar-refractivity contribution in [3.05, 3.63) is 165 Å². The van der Waals surface area contributed by atoms with E-state index in [4.69, 9.17) is 30.4 Å². The maximum Gasteiger partial charge on any atom is 0.491 e. The SMILES string of the molecule is Cc1ccc(C(OC(=O)CC(COC(C)(C)C)NC(=O)[C@@H]2C[C@@H](NC(=O)c3ccc4c(c3)B(O)OC4)CN2C(=O)c2ccc3c(c2)B(O)OC3)(c2ccccc2)c2ccccc2Cl)cc1. The van der Waals surface area contributed by atoms with Crippen LogP contribution in [-0.2, 0) is 47.2 Å². The van der Waals surface area contributed by atoms with Crippen molar-refractivity contribution >= 4 is 60.5 Å². The van der Waals surface area contributed by atoms with Crippen LogP contribution in [0.4, 0.5) is 0 Å². The van der Waals surface area contributed by atoms with Gasteiger partial charge in [0.05, 0.1) is 37.9 Å². The first-order chi connectivity index (χ1) is 31.1.